The Morgan fingerprint density at radius 1 is 0.234 bits per heavy atom. The minimum absolute atomic E-state index is 0.499. The van der Waals surface area contributed by atoms with Gasteiger partial charge >= 0.3 is 0 Å². The van der Waals surface area contributed by atoms with Gasteiger partial charge in [-0.15, -0.1) is 0 Å². The van der Waals surface area contributed by atoms with Crippen LogP contribution < -0.4 is 0 Å². The lowest BCUT2D eigenvalue weighted by Crippen LogP contribution is -2.24. The first-order valence-corrected chi connectivity index (χ1v) is 29.8. The van der Waals surface area contributed by atoms with E-state index >= 15 is 0 Å². The first-order valence-electron chi connectivity index (χ1n) is 26.4. The fourth-order valence-electron chi connectivity index (χ4n) is 8.12. The molecule has 0 N–H and O–H groups in total. The minimum atomic E-state index is -1.52. The number of benzene rings is 8. The summed E-state index contributed by atoms with van der Waals surface area (Å²) in [6.45, 7) is 14.8. The number of carbonyl (C=O) groups excluding carboxylic acids is 1. The molecule has 8 rings (SSSR count). The van der Waals surface area contributed by atoms with Crippen LogP contribution in [0.15, 0.2) is 194 Å². The van der Waals surface area contributed by atoms with Gasteiger partial charge in [0, 0.05) is 5.56 Å². The maximum absolute atomic E-state index is 10.8. The van der Waals surface area contributed by atoms with Crippen molar-refractivity contribution in [1.29, 1.82) is 0 Å². The third-order valence-electron chi connectivity index (χ3n) is 12.7. The Labute approximate surface area is 456 Å². The van der Waals surface area contributed by atoms with Gasteiger partial charge in [0.05, 0.1) is 99.1 Å². The van der Waals surface area contributed by atoms with Crippen LogP contribution in [0.1, 0.15) is 93.8 Å². The molecular weight excluding hydrogens is 977 g/mol. The Hall–Kier alpha value is -6.67. The molecule has 0 spiro atoms. The van der Waals surface area contributed by atoms with Gasteiger partial charge in [0.15, 0.2) is 8.32 Å². The summed E-state index contributed by atoms with van der Waals surface area (Å²) in [5.74, 6) is 0. The molecular formula is C67H72O9Si. The Balaban J connectivity index is 0.628. The van der Waals surface area contributed by atoms with E-state index in [0.717, 1.165) is 84.2 Å². The van der Waals surface area contributed by atoms with Crippen LogP contribution in [0.25, 0.3) is 0 Å². The number of hydrogen-bond donors (Lipinski definition) is 0. The zero-order valence-corrected chi connectivity index (χ0v) is 45.8. The van der Waals surface area contributed by atoms with Crippen molar-refractivity contribution >= 4 is 14.6 Å². The average molecular weight is 1050 g/mol. The van der Waals surface area contributed by atoms with Crippen LogP contribution in [-0.4, -0.2) is 14.6 Å². The number of rotatable bonds is 32. The quantitative estimate of drug-likeness (QED) is 0.0302. The van der Waals surface area contributed by atoms with E-state index in [0.29, 0.717) is 105 Å². The molecule has 398 valence electrons. The van der Waals surface area contributed by atoms with Gasteiger partial charge in [0.1, 0.15) is 6.29 Å². The molecule has 8 aromatic rings. The molecule has 77 heavy (non-hydrogen) atoms. The van der Waals surface area contributed by atoms with E-state index in [1.54, 1.807) is 12.1 Å². The molecule has 0 saturated heterocycles. The Bertz CT molecular complexity index is 2940. The van der Waals surface area contributed by atoms with Gasteiger partial charge in [-0.1, -0.05) is 194 Å². The number of ether oxygens (including phenoxy) is 7. The summed E-state index contributed by atoms with van der Waals surface area (Å²) >= 11 is 0. The van der Waals surface area contributed by atoms with Gasteiger partial charge in [-0.05, 0) is 103 Å². The molecule has 0 aliphatic heterocycles. The number of carbonyl (C=O) groups is 1. The normalized spacial score (nSPS) is 11.5. The monoisotopic (exact) mass is 1050 g/mol. The van der Waals surface area contributed by atoms with Crippen molar-refractivity contribution in [3.63, 3.8) is 0 Å². The third kappa shape index (κ3) is 20.7. The molecule has 0 saturated carbocycles. The Morgan fingerprint density at radius 2 is 0.364 bits per heavy atom. The van der Waals surface area contributed by atoms with E-state index in [9.17, 15) is 4.79 Å². The van der Waals surface area contributed by atoms with Crippen molar-refractivity contribution in [1.82, 2.24) is 0 Å². The molecule has 10 heteroatoms. The zero-order chi connectivity index (χ0) is 53.3. The molecule has 0 heterocycles. The van der Waals surface area contributed by atoms with E-state index < -0.39 is 8.32 Å². The van der Waals surface area contributed by atoms with Crippen LogP contribution in [-0.2, 0) is 137 Å². The first-order chi connectivity index (χ1) is 37.7. The second kappa shape index (κ2) is 30.3. The summed E-state index contributed by atoms with van der Waals surface area (Å²) in [6, 6.07) is 66.3. The molecule has 0 bridgehead atoms. The Morgan fingerprint density at radius 3 is 0.494 bits per heavy atom. The summed E-state index contributed by atoms with van der Waals surface area (Å²) in [5, 5.41) is 0. The Kier molecular flexibility index (Phi) is 22.3. The van der Waals surface area contributed by atoms with Gasteiger partial charge in [0.25, 0.3) is 0 Å². The lowest BCUT2D eigenvalue weighted by molar-refractivity contribution is 0.103. The molecule has 0 atom stereocenters. The van der Waals surface area contributed by atoms with Crippen molar-refractivity contribution in [3.05, 3.63) is 283 Å². The molecule has 0 aliphatic rings. The lowest BCUT2D eigenvalue weighted by atomic mass is 10.1. The van der Waals surface area contributed by atoms with E-state index in [1.165, 1.54) is 5.56 Å². The second-order valence-corrected chi connectivity index (χ2v) is 24.9. The highest BCUT2D eigenvalue weighted by Gasteiger charge is 2.14. The van der Waals surface area contributed by atoms with Crippen LogP contribution in [0, 0.1) is 0 Å². The fraction of sp³-hybridized carbons (Fsp3) is 0.269. The molecule has 0 fully saturated rings. The third-order valence-corrected chi connectivity index (χ3v) is 13.7. The maximum atomic E-state index is 10.8. The molecule has 0 aromatic heterocycles. The van der Waals surface area contributed by atoms with Crippen molar-refractivity contribution in [2.75, 3.05) is 0 Å². The second-order valence-electron chi connectivity index (χ2n) is 20.4. The van der Waals surface area contributed by atoms with E-state index in [2.05, 4.69) is 189 Å². The van der Waals surface area contributed by atoms with Gasteiger partial charge < -0.3 is 37.6 Å². The largest absolute Gasteiger partial charge is 0.413 e. The van der Waals surface area contributed by atoms with Gasteiger partial charge in [-0.2, -0.15) is 0 Å². The predicted octanol–water partition coefficient (Wildman–Crippen LogP) is 14.9. The summed E-state index contributed by atoms with van der Waals surface area (Å²) in [4.78, 5) is 10.8. The van der Waals surface area contributed by atoms with Crippen molar-refractivity contribution in [2.45, 2.75) is 119 Å². The van der Waals surface area contributed by atoms with Crippen LogP contribution in [0.2, 0.25) is 19.6 Å². The van der Waals surface area contributed by atoms with Gasteiger partial charge in [-0.3, -0.25) is 4.79 Å². The van der Waals surface area contributed by atoms with Crippen LogP contribution in [0.4, 0.5) is 0 Å². The predicted molar refractivity (Wildman–Crippen MR) is 305 cm³/mol. The van der Waals surface area contributed by atoms with Crippen molar-refractivity contribution < 1.29 is 42.4 Å². The minimum Gasteiger partial charge on any atom is -0.413 e. The summed E-state index contributed by atoms with van der Waals surface area (Å²) in [7, 11) is -1.52. The molecule has 9 nitrogen and oxygen atoms in total. The van der Waals surface area contributed by atoms with E-state index in [1.807, 2.05) is 12.1 Å². The first kappa shape index (κ1) is 56.5. The SMILES string of the molecule is C[Si](C)(C)OCc1ccc(COCc2ccc(COCc3ccc(COCc4ccc(COCc5ccc(COCc6ccc(COCc7ccc(COCc8ccc(C=O)cc8)cc7)cc6)cc5)cc4)cc3)cc2)cc1. The standard InChI is InChI=1S/C67H72O9Si/c1-77(2,3)76-51-67-34-32-66(33-35-67)50-75-49-65-30-28-64(29-31-65)48-74-47-63-26-24-62(25-27-63)46-73-45-61-22-20-60(21-23-61)44-72-43-59-18-16-58(17-19-59)42-71-41-57-14-12-56(13-15-57)40-70-39-55-10-8-54(9-11-55)38-69-37-53-6-4-52(36-68)5-7-53/h4-36H,37-51H2,1-3H3. The summed E-state index contributed by atoms with van der Waals surface area (Å²) < 4.78 is 48.0. The smallest absolute Gasteiger partial charge is 0.184 e. The highest BCUT2D eigenvalue weighted by Crippen LogP contribution is 2.18. The number of aldehydes is 1. The molecule has 0 amide bonds. The summed E-state index contributed by atoms with van der Waals surface area (Å²) in [6.07, 6.45) is 0.844. The topological polar surface area (TPSA) is 90.9 Å². The highest BCUT2D eigenvalue weighted by atomic mass is 28.4. The van der Waals surface area contributed by atoms with Crippen molar-refractivity contribution in [3.8, 4) is 0 Å². The highest BCUT2D eigenvalue weighted by molar-refractivity contribution is 6.69. The number of hydrogen-bond acceptors (Lipinski definition) is 9. The van der Waals surface area contributed by atoms with Gasteiger partial charge in [0.2, 0.25) is 0 Å². The van der Waals surface area contributed by atoms with Crippen LogP contribution in [0.5, 0.6) is 0 Å². The average Bonchev–Trinajstić information content (AvgIpc) is 3.45. The summed E-state index contributed by atoms with van der Waals surface area (Å²) in [5.41, 5.74) is 17.5. The van der Waals surface area contributed by atoms with Gasteiger partial charge in [-0.25, -0.2) is 0 Å². The molecule has 0 unspecified atom stereocenters. The molecule has 8 aromatic carbocycles. The molecule has 0 aliphatic carbocycles. The van der Waals surface area contributed by atoms with Crippen LogP contribution in [0.3, 0.4) is 0 Å². The van der Waals surface area contributed by atoms with E-state index in [-0.39, 0.29) is 0 Å². The zero-order valence-electron chi connectivity index (χ0n) is 44.8. The van der Waals surface area contributed by atoms with Crippen LogP contribution >= 0.6 is 0 Å². The maximum Gasteiger partial charge on any atom is 0.184 e. The van der Waals surface area contributed by atoms with E-state index in [4.69, 9.17) is 37.6 Å². The molecule has 0 radical (unpaired) electrons. The lowest BCUT2D eigenvalue weighted by Gasteiger charge is -2.17. The van der Waals surface area contributed by atoms with Crippen molar-refractivity contribution in [2.24, 2.45) is 0 Å². The fourth-order valence-corrected chi connectivity index (χ4v) is 8.72.